The number of aryl methyl sites for hydroxylation is 1. The molecule has 3 nitrogen and oxygen atoms in total. The average Bonchev–Trinajstić information content (AvgIpc) is 2.85. The molecule has 3 N–H and O–H groups in total. The Balaban J connectivity index is 0.00000112. The van der Waals surface area contributed by atoms with Gasteiger partial charge in [-0.3, -0.25) is 0 Å². The lowest BCUT2D eigenvalue weighted by Crippen LogP contribution is -2.33. The molecule has 1 aliphatic carbocycles. The van der Waals surface area contributed by atoms with E-state index in [0.29, 0.717) is 18.5 Å². The average molecular weight is 337 g/mol. The summed E-state index contributed by atoms with van der Waals surface area (Å²) in [6.07, 6.45) is 2.46. The molecule has 1 aromatic heterocycles. The van der Waals surface area contributed by atoms with E-state index < -0.39 is 0 Å². The number of thiophene rings is 1. The lowest BCUT2D eigenvalue weighted by atomic mass is 10.4. The molecule has 0 radical (unpaired) electrons. The minimum Gasteiger partial charge on any atom is -0.370 e. The van der Waals surface area contributed by atoms with Gasteiger partial charge in [0.2, 0.25) is 0 Å². The van der Waals surface area contributed by atoms with Gasteiger partial charge in [0.1, 0.15) is 0 Å². The van der Waals surface area contributed by atoms with Crippen LogP contribution in [0.5, 0.6) is 0 Å². The monoisotopic (exact) mass is 337 g/mol. The smallest absolute Gasteiger partial charge is 0.189 e. The van der Waals surface area contributed by atoms with Gasteiger partial charge in [0.05, 0.1) is 6.54 Å². The molecule has 1 fully saturated rings. The molecular weight excluding hydrogens is 321 g/mol. The van der Waals surface area contributed by atoms with Gasteiger partial charge in [0.25, 0.3) is 0 Å². The maximum absolute atomic E-state index is 5.71. The summed E-state index contributed by atoms with van der Waals surface area (Å²) in [6, 6.07) is 4.80. The minimum absolute atomic E-state index is 0. The van der Waals surface area contributed by atoms with Crippen molar-refractivity contribution in [2.75, 3.05) is 0 Å². The highest BCUT2D eigenvalue weighted by molar-refractivity contribution is 14.0. The topological polar surface area (TPSA) is 50.4 Å². The van der Waals surface area contributed by atoms with Gasteiger partial charge in [-0.15, -0.1) is 35.3 Å². The van der Waals surface area contributed by atoms with E-state index in [4.69, 9.17) is 5.73 Å². The highest BCUT2D eigenvalue weighted by Gasteiger charge is 2.21. The number of hydrogen-bond acceptors (Lipinski definition) is 2. The number of halogens is 1. The van der Waals surface area contributed by atoms with Crippen LogP contribution in [-0.4, -0.2) is 12.0 Å². The quantitative estimate of drug-likeness (QED) is 0.505. The Hall–Kier alpha value is -0.300. The normalized spacial score (nSPS) is 15.9. The summed E-state index contributed by atoms with van der Waals surface area (Å²) < 4.78 is 0. The van der Waals surface area contributed by atoms with E-state index in [-0.39, 0.29) is 24.0 Å². The molecular formula is C10H16IN3S. The predicted octanol–water partition coefficient (Wildman–Crippen LogP) is 2.24. The molecule has 1 saturated carbocycles. The third kappa shape index (κ3) is 4.38. The Labute approximate surface area is 111 Å². The number of hydrogen-bond donors (Lipinski definition) is 2. The van der Waals surface area contributed by atoms with Gasteiger partial charge < -0.3 is 11.1 Å². The Morgan fingerprint density at radius 2 is 2.33 bits per heavy atom. The van der Waals surface area contributed by atoms with E-state index in [1.54, 1.807) is 11.3 Å². The maximum atomic E-state index is 5.71. The third-order valence-electron chi connectivity index (χ3n) is 2.13. The second-order valence-corrected chi connectivity index (χ2v) is 5.00. The number of rotatable bonds is 3. The van der Waals surface area contributed by atoms with Crippen molar-refractivity contribution < 1.29 is 0 Å². The Kier molecular flexibility index (Phi) is 4.85. The summed E-state index contributed by atoms with van der Waals surface area (Å²) in [5.74, 6) is 0.582. The number of nitrogens with two attached hydrogens (primary N) is 1. The van der Waals surface area contributed by atoms with E-state index in [2.05, 4.69) is 29.4 Å². The molecule has 0 unspecified atom stereocenters. The number of guanidine groups is 1. The number of nitrogens with one attached hydrogen (secondary N) is 1. The van der Waals surface area contributed by atoms with Crippen LogP contribution in [0, 0.1) is 6.92 Å². The number of aliphatic imine (C=N–C) groups is 1. The lowest BCUT2D eigenvalue weighted by Gasteiger charge is -2.01. The first-order chi connectivity index (χ1) is 6.74. The van der Waals surface area contributed by atoms with Crippen LogP contribution in [0.3, 0.4) is 0 Å². The first-order valence-electron chi connectivity index (χ1n) is 4.86. The highest BCUT2D eigenvalue weighted by atomic mass is 127. The van der Waals surface area contributed by atoms with E-state index >= 15 is 0 Å². The zero-order valence-electron chi connectivity index (χ0n) is 8.69. The van der Waals surface area contributed by atoms with Crippen LogP contribution < -0.4 is 11.1 Å². The Morgan fingerprint density at radius 3 is 2.87 bits per heavy atom. The van der Waals surface area contributed by atoms with Gasteiger partial charge in [-0.1, -0.05) is 0 Å². The summed E-state index contributed by atoms with van der Waals surface area (Å²) in [5, 5.41) is 3.16. The van der Waals surface area contributed by atoms with Crippen LogP contribution in [0.25, 0.3) is 0 Å². The van der Waals surface area contributed by atoms with Crippen LogP contribution in [0.4, 0.5) is 0 Å². The molecule has 0 aliphatic heterocycles. The fourth-order valence-electron chi connectivity index (χ4n) is 1.22. The van der Waals surface area contributed by atoms with Crippen molar-refractivity contribution in [2.24, 2.45) is 10.7 Å². The molecule has 1 aliphatic rings. The van der Waals surface area contributed by atoms with Crippen molar-refractivity contribution >= 4 is 41.3 Å². The van der Waals surface area contributed by atoms with Crippen LogP contribution in [0.15, 0.2) is 17.1 Å². The van der Waals surface area contributed by atoms with Gasteiger partial charge >= 0.3 is 0 Å². The first-order valence-corrected chi connectivity index (χ1v) is 5.67. The van der Waals surface area contributed by atoms with Gasteiger partial charge in [0.15, 0.2) is 5.96 Å². The van der Waals surface area contributed by atoms with Gasteiger partial charge in [-0.25, -0.2) is 4.99 Å². The fourth-order valence-corrected chi connectivity index (χ4v) is 2.03. The number of nitrogens with zero attached hydrogens (tertiary/aromatic N) is 1. The molecule has 1 aromatic rings. The standard InChI is InChI=1S/C10H15N3S.HI/c1-7-2-5-9(14-7)6-12-10(11)13-8-3-4-8;/h2,5,8H,3-4,6H2,1H3,(H3,11,12,13);1H. The molecule has 84 valence electrons. The van der Waals surface area contributed by atoms with E-state index in [1.807, 2.05) is 0 Å². The van der Waals surface area contributed by atoms with Crippen molar-refractivity contribution in [3.63, 3.8) is 0 Å². The zero-order chi connectivity index (χ0) is 9.97. The Bertz CT molecular complexity index is 344. The summed E-state index contributed by atoms with van der Waals surface area (Å²) in [7, 11) is 0. The van der Waals surface area contributed by atoms with Crippen molar-refractivity contribution in [3.8, 4) is 0 Å². The molecule has 0 saturated heterocycles. The second kappa shape index (κ2) is 5.69. The molecule has 0 amide bonds. The van der Waals surface area contributed by atoms with E-state index in [1.165, 1.54) is 22.6 Å². The van der Waals surface area contributed by atoms with Gasteiger partial charge in [-0.2, -0.15) is 0 Å². The van der Waals surface area contributed by atoms with E-state index in [9.17, 15) is 0 Å². The summed E-state index contributed by atoms with van der Waals surface area (Å²) >= 11 is 1.77. The van der Waals surface area contributed by atoms with Crippen molar-refractivity contribution in [2.45, 2.75) is 32.4 Å². The third-order valence-corrected chi connectivity index (χ3v) is 3.12. The second-order valence-electron chi connectivity index (χ2n) is 3.63. The predicted molar refractivity (Wildman–Crippen MR) is 76.0 cm³/mol. The van der Waals surface area contributed by atoms with Crippen molar-refractivity contribution in [3.05, 3.63) is 21.9 Å². The molecule has 5 heteroatoms. The molecule has 0 spiro atoms. The van der Waals surface area contributed by atoms with Gasteiger partial charge in [-0.05, 0) is 31.9 Å². The SMILES string of the molecule is Cc1ccc(CN=C(N)NC2CC2)s1.I. The van der Waals surface area contributed by atoms with Crippen LogP contribution in [-0.2, 0) is 6.54 Å². The minimum atomic E-state index is 0. The maximum Gasteiger partial charge on any atom is 0.189 e. The van der Waals surface area contributed by atoms with Crippen LogP contribution >= 0.6 is 35.3 Å². The summed E-state index contributed by atoms with van der Waals surface area (Å²) in [4.78, 5) is 6.87. The van der Waals surface area contributed by atoms with Crippen LogP contribution in [0.1, 0.15) is 22.6 Å². The van der Waals surface area contributed by atoms with E-state index in [0.717, 1.165) is 0 Å². The molecule has 0 aromatic carbocycles. The lowest BCUT2D eigenvalue weighted by molar-refractivity contribution is 0.881. The van der Waals surface area contributed by atoms with Crippen molar-refractivity contribution in [1.82, 2.24) is 5.32 Å². The van der Waals surface area contributed by atoms with Gasteiger partial charge in [0, 0.05) is 15.8 Å². The Morgan fingerprint density at radius 1 is 1.60 bits per heavy atom. The summed E-state index contributed by atoms with van der Waals surface area (Å²) in [6.45, 7) is 2.80. The zero-order valence-corrected chi connectivity index (χ0v) is 11.8. The first kappa shape index (κ1) is 12.8. The molecule has 1 heterocycles. The highest BCUT2D eigenvalue weighted by Crippen LogP contribution is 2.18. The van der Waals surface area contributed by atoms with Crippen LogP contribution in [0.2, 0.25) is 0 Å². The summed E-state index contributed by atoms with van der Waals surface area (Å²) in [5.41, 5.74) is 5.71. The molecule has 0 atom stereocenters. The largest absolute Gasteiger partial charge is 0.370 e. The molecule has 15 heavy (non-hydrogen) atoms. The fraction of sp³-hybridized carbons (Fsp3) is 0.500. The molecule has 2 rings (SSSR count). The van der Waals surface area contributed by atoms with Crippen molar-refractivity contribution in [1.29, 1.82) is 0 Å². The molecule has 0 bridgehead atoms.